The van der Waals surface area contributed by atoms with E-state index in [1.807, 2.05) is 31.2 Å². The summed E-state index contributed by atoms with van der Waals surface area (Å²) in [6.45, 7) is 4.52. The lowest BCUT2D eigenvalue weighted by atomic mass is 9.99. The van der Waals surface area contributed by atoms with Gasteiger partial charge in [-0.25, -0.2) is 4.79 Å². The van der Waals surface area contributed by atoms with Crippen molar-refractivity contribution in [1.82, 2.24) is 0 Å². The van der Waals surface area contributed by atoms with E-state index in [1.54, 1.807) is 0 Å². The molecule has 0 saturated heterocycles. The minimum Gasteiger partial charge on any atom is -0.462 e. The monoisotopic (exact) mass is 412 g/mol. The van der Waals surface area contributed by atoms with E-state index in [9.17, 15) is 4.79 Å². The quantitative estimate of drug-likeness (QED) is 0.192. The molecule has 0 aromatic heterocycles. The van der Waals surface area contributed by atoms with Crippen LogP contribution in [0.3, 0.4) is 0 Å². The van der Waals surface area contributed by atoms with Crippen LogP contribution in [0.2, 0.25) is 0 Å². The average molecular weight is 413 g/mol. The van der Waals surface area contributed by atoms with Crippen LogP contribution in [-0.2, 0) is 9.53 Å². The highest BCUT2D eigenvalue weighted by molar-refractivity contribution is 5.93. The molecule has 0 spiro atoms. The molecule has 0 aliphatic heterocycles. The van der Waals surface area contributed by atoms with Gasteiger partial charge in [-0.2, -0.15) is 0 Å². The number of hydrogen-bond donors (Lipinski definition) is 0. The second kappa shape index (κ2) is 11.9. The normalized spacial score (nSPS) is 11.4. The summed E-state index contributed by atoms with van der Waals surface area (Å²) in [7, 11) is 0. The van der Waals surface area contributed by atoms with Crippen molar-refractivity contribution in [2.75, 3.05) is 6.61 Å². The lowest BCUT2D eigenvalue weighted by molar-refractivity contribution is -0.139. The molecule has 2 heteroatoms. The molecule has 0 radical (unpaired) electrons. The van der Waals surface area contributed by atoms with Gasteiger partial charge in [-0.05, 0) is 47.2 Å². The number of ether oxygens (including phenoxy) is 1. The molecule has 3 rings (SSSR count). The fourth-order valence-electron chi connectivity index (χ4n) is 3.55. The summed E-state index contributed by atoms with van der Waals surface area (Å²) >= 11 is 0. The summed E-state index contributed by atoms with van der Waals surface area (Å²) in [5.41, 5.74) is 6.40. The molecule has 0 saturated carbocycles. The molecule has 3 aromatic rings. The number of esters is 1. The summed E-state index contributed by atoms with van der Waals surface area (Å²) in [6.07, 6.45) is 7.64. The lowest BCUT2D eigenvalue weighted by Crippen LogP contribution is -2.07. The molecule has 160 valence electrons. The van der Waals surface area contributed by atoms with Crippen LogP contribution in [0.25, 0.3) is 28.3 Å². The molecule has 0 heterocycles. The van der Waals surface area contributed by atoms with E-state index in [-0.39, 0.29) is 5.97 Å². The molecular weight excluding hydrogens is 380 g/mol. The van der Waals surface area contributed by atoms with Crippen molar-refractivity contribution in [2.24, 2.45) is 0 Å². The summed E-state index contributed by atoms with van der Waals surface area (Å²) in [5, 5.41) is 0. The number of unbranched alkanes of at least 4 members (excludes halogenated alkanes) is 4. The Balaban J connectivity index is 1.56. The van der Waals surface area contributed by atoms with Crippen molar-refractivity contribution in [1.29, 1.82) is 0 Å². The SMILES string of the molecule is CCCCCCCOC(=O)/C(C)=C/c1ccc(-c2ccc(-c3ccccc3)cc2)cc1. The Morgan fingerprint density at radius 3 is 1.81 bits per heavy atom. The van der Waals surface area contributed by atoms with Crippen LogP contribution in [0.1, 0.15) is 51.5 Å². The van der Waals surface area contributed by atoms with E-state index in [1.165, 1.54) is 36.0 Å². The molecule has 0 amide bonds. The topological polar surface area (TPSA) is 26.3 Å². The molecule has 0 fully saturated rings. The van der Waals surface area contributed by atoms with Crippen LogP contribution in [-0.4, -0.2) is 12.6 Å². The maximum Gasteiger partial charge on any atom is 0.333 e. The zero-order valence-electron chi connectivity index (χ0n) is 18.6. The highest BCUT2D eigenvalue weighted by Gasteiger charge is 2.06. The Kier molecular flexibility index (Phi) is 8.66. The van der Waals surface area contributed by atoms with E-state index in [0.29, 0.717) is 12.2 Å². The predicted octanol–water partition coefficient (Wildman–Crippen LogP) is 7.94. The number of carbonyl (C=O) groups excluding carboxylic acids is 1. The first-order chi connectivity index (χ1) is 15.2. The van der Waals surface area contributed by atoms with Gasteiger partial charge in [-0.3, -0.25) is 0 Å². The van der Waals surface area contributed by atoms with Crippen LogP contribution in [0.15, 0.2) is 84.4 Å². The molecule has 3 aromatic carbocycles. The van der Waals surface area contributed by atoms with Crippen molar-refractivity contribution in [3.05, 3.63) is 90.0 Å². The second-order valence-electron chi connectivity index (χ2n) is 7.94. The Morgan fingerprint density at radius 2 is 1.23 bits per heavy atom. The molecule has 31 heavy (non-hydrogen) atoms. The highest BCUT2D eigenvalue weighted by atomic mass is 16.5. The van der Waals surface area contributed by atoms with Crippen LogP contribution < -0.4 is 0 Å². The Morgan fingerprint density at radius 1 is 0.710 bits per heavy atom. The summed E-state index contributed by atoms with van der Waals surface area (Å²) in [6, 6.07) is 27.3. The van der Waals surface area contributed by atoms with E-state index in [0.717, 1.165) is 24.0 Å². The fourth-order valence-corrected chi connectivity index (χ4v) is 3.55. The maximum atomic E-state index is 12.2. The number of carbonyl (C=O) groups is 1. The highest BCUT2D eigenvalue weighted by Crippen LogP contribution is 2.25. The van der Waals surface area contributed by atoms with Gasteiger partial charge in [0, 0.05) is 5.57 Å². The third kappa shape index (κ3) is 6.96. The van der Waals surface area contributed by atoms with Gasteiger partial charge in [0.1, 0.15) is 0 Å². The van der Waals surface area contributed by atoms with Crippen LogP contribution in [0.4, 0.5) is 0 Å². The summed E-state index contributed by atoms with van der Waals surface area (Å²) in [4.78, 5) is 12.2. The van der Waals surface area contributed by atoms with Gasteiger partial charge in [-0.1, -0.05) is 111 Å². The van der Waals surface area contributed by atoms with Gasteiger partial charge < -0.3 is 4.74 Å². The molecule has 0 N–H and O–H groups in total. The second-order valence-corrected chi connectivity index (χ2v) is 7.94. The Bertz CT molecular complexity index is 968. The molecule has 0 bridgehead atoms. The lowest BCUT2D eigenvalue weighted by Gasteiger charge is -2.07. The van der Waals surface area contributed by atoms with E-state index in [2.05, 4.69) is 67.6 Å². The average Bonchev–Trinajstić information content (AvgIpc) is 2.82. The molecular formula is C29H32O2. The molecule has 0 aliphatic carbocycles. The first-order valence-corrected chi connectivity index (χ1v) is 11.3. The van der Waals surface area contributed by atoms with Crippen LogP contribution in [0.5, 0.6) is 0 Å². The Hall–Kier alpha value is -3.13. The third-order valence-electron chi connectivity index (χ3n) is 5.42. The zero-order valence-corrected chi connectivity index (χ0v) is 18.6. The van der Waals surface area contributed by atoms with E-state index >= 15 is 0 Å². The van der Waals surface area contributed by atoms with Crippen molar-refractivity contribution in [3.8, 4) is 22.3 Å². The van der Waals surface area contributed by atoms with Gasteiger partial charge in [-0.15, -0.1) is 0 Å². The maximum absolute atomic E-state index is 12.2. The predicted molar refractivity (Wildman–Crippen MR) is 131 cm³/mol. The third-order valence-corrected chi connectivity index (χ3v) is 5.42. The summed E-state index contributed by atoms with van der Waals surface area (Å²) < 4.78 is 5.39. The van der Waals surface area contributed by atoms with E-state index < -0.39 is 0 Å². The van der Waals surface area contributed by atoms with Gasteiger partial charge in [0.25, 0.3) is 0 Å². The van der Waals surface area contributed by atoms with Gasteiger partial charge in [0.15, 0.2) is 0 Å². The standard InChI is InChI=1S/C29H32O2/c1-3-4-5-6-10-21-31-29(30)23(2)22-24-13-15-26(16-14-24)28-19-17-27(18-20-28)25-11-8-7-9-12-25/h7-9,11-20,22H,3-6,10,21H2,1-2H3/b23-22+. The molecule has 0 atom stereocenters. The van der Waals surface area contributed by atoms with Crippen molar-refractivity contribution < 1.29 is 9.53 Å². The minimum absolute atomic E-state index is 0.226. The van der Waals surface area contributed by atoms with Crippen LogP contribution in [0, 0.1) is 0 Å². The molecule has 0 aliphatic rings. The number of rotatable bonds is 10. The minimum atomic E-state index is -0.226. The zero-order chi connectivity index (χ0) is 21.9. The molecule has 2 nitrogen and oxygen atoms in total. The smallest absolute Gasteiger partial charge is 0.333 e. The van der Waals surface area contributed by atoms with Gasteiger partial charge >= 0.3 is 5.97 Å². The fraction of sp³-hybridized carbons (Fsp3) is 0.276. The van der Waals surface area contributed by atoms with Crippen molar-refractivity contribution in [2.45, 2.75) is 46.0 Å². The number of hydrogen-bond acceptors (Lipinski definition) is 2. The first-order valence-electron chi connectivity index (χ1n) is 11.3. The van der Waals surface area contributed by atoms with Crippen molar-refractivity contribution >= 4 is 12.0 Å². The number of benzene rings is 3. The van der Waals surface area contributed by atoms with Crippen LogP contribution >= 0.6 is 0 Å². The molecule has 0 unspecified atom stereocenters. The van der Waals surface area contributed by atoms with Crippen molar-refractivity contribution in [3.63, 3.8) is 0 Å². The summed E-state index contributed by atoms with van der Waals surface area (Å²) in [5.74, 6) is -0.226. The van der Waals surface area contributed by atoms with Gasteiger partial charge in [0.2, 0.25) is 0 Å². The first kappa shape index (κ1) is 22.6. The largest absolute Gasteiger partial charge is 0.462 e. The van der Waals surface area contributed by atoms with Gasteiger partial charge in [0.05, 0.1) is 6.61 Å². The Labute approximate surface area is 186 Å². The van der Waals surface area contributed by atoms with E-state index in [4.69, 9.17) is 4.74 Å².